The molecule has 1 aromatic heterocycles. The molecule has 0 fully saturated rings. The Hall–Kier alpha value is -2.95. The highest BCUT2D eigenvalue weighted by Crippen LogP contribution is 2.34. The second-order valence-electron chi connectivity index (χ2n) is 6.05. The SMILES string of the molecule is CN1C(C(=O)C=Cc2ccc(C(=O)NCCO)s2)=C(O)c2ccccc2S1(=O)=O. The van der Waals surface area contributed by atoms with Crippen LogP contribution in [0.4, 0.5) is 0 Å². The number of fused-ring (bicyclic) bond motifs is 1. The number of rotatable bonds is 6. The van der Waals surface area contributed by atoms with E-state index in [1.54, 1.807) is 18.2 Å². The molecule has 1 amide bonds. The molecule has 0 unspecified atom stereocenters. The van der Waals surface area contributed by atoms with Crippen LogP contribution in [0.25, 0.3) is 11.8 Å². The molecule has 1 aliphatic heterocycles. The smallest absolute Gasteiger partial charge is 0.265 e. The number of nitrogens with zero attached hydrogens (tertiary/aromatic N) is 1. The van der Waals surface area contributed by atoms with Crippen molar-refractivity contribution in [3.63, 3.8) is 0 Å². The normalized spacial score (nSPS) is 15.4. The Kier molecular flexibility index (Phi) is 5.87. The van der Waals surface area contributed by atoms with E-state index in [9.17, 15) is 23.1 Å². The van der Waals surface area contributed by atoms with Gasteiger partial charge in [0.15, 0.2) is 5.76 Å². The monoisotopic (exact) mass is 434 g/mol. The molecule has 8 nitrogen and oxygen atoms in total. The summed E-state index contributed by atoms with van der Waals surface area (Å²) in [5.74, 6) is -1.45. The number of thiophene rings is 1. The minimum absolute atomic E-state index is 0.0707. The maximum atomic E-state index is 12.7. The third kappa shape index (κ3) is 3.95. The van der Waals surface area contributed by atoms with Gasteiger partial charge in [-0.15, -0.1) is 11.3 Å². The summed E-state index contributed by atoms with van der Waals surface area (Å²) in [5, 5.41) is 21.8. The zero-order valence-corrected chi connectivity index (χ0v) is 17.0. The van der Waals surface area contributed by atoms with Gasteiger partial charge in [-0.2, -0.15) is 0 Å². The number of carbonyl (C=O) groups excluding carboxylic acids is 2. The number of amides is 1. The van der Waals surface area contributed by atoms with Gasteiger partial charge >= 0.3 is 0 Å². The highest BCUT2D eigenvalue weighted by atomic mass is 32.2. The fourth-order valence-electron chi connectivity index (χ4n) is 2.76. The lowest BCUT2D eigenvalue weighted by Crippen LogP contribution is -2.34. The first-order chi connectivity index (χ1) is 13.8. The van der Waals surface area contributed by atoms with E-state index in [1.165, 1.54) is 31.3 Å². The first-order valence-electron chi connectivity index (χ1n) is 8.50. The van der Waals surface area contributed by atoms with Crippen LogP contribution in [0.3, 0.4) is 0 Å². The van der Waals surface area contributed by atoms with Crippen molar-refractivity contribution < 1.29 is 28.2 Å². The van der Waals surface area contributed by atoms with Crippen molar-refractivity contribution in [3.05, 3.63) is 63.5 Å². The third-order valence-electron chi connectivity index (χ3n) is 4.20. The van der Waals surface area contributed by atoms with Gasteiger partial charge in [0.1, 0.15) is 5.70 Å². The largest absolute Gasteiger partial charge is 0.505 e. The fraction of sp³-hybridized carbons (Fsp3) is 0.158. The number of aliphatic hydroxyl groups is 2. The summed E-state index contributed by atoms with van der Waals surface area (Å²) in [5.41, 5.74) is -0.279. The summed E-state index contributed by atoms with van der Waals surface area (Å²) in [4.78, 5) is 25.4. The van der Waals surface area contributed by atoms with Crippen LogP contribution in [-0.4, -0.2) is 54.8 Å². The van der Waals surface area contributed by atoms with E-state index in [0.717, 1.165) is 21.7 Å². The molecule has 0 bridgehead atoms. The molecule has 2 heterocycles. The molecular formula is C19H18N2O6S2. The summed E-state index contributed by atoms with van der Waals surface area (Å²) >= 11 is 1.13. The molecule has 0 saturated heterocycles. The molecule has 0 aliphatic carbocycles. The first-order valence-corrected chi connectivity index (χ1v) is 10.8. The minimum Gasteiger partial charge on any atom is -0.505 e. The Morgan fingerprint density at radius 1 is 1.21 bits per heavy atom. The van der Waals surface area contributed by atoms with E-state index in [0.29, 0.717) is 9.75 Å². The van der Waals surface area contributed by atoms with Gasteiger partial charge in [0, 0.05) is 24.0 Å². The van der Waals surface area contributed by atoms with Crippen LogP contribution < -0.4 is 5.32 Å². The Morgan fingerprint density at radius 2 is 1.93 bits per heavy atom. The van der Waals surface area contributed by atoms with Crippen LogP contribution >= 0.6 is 11.3 Å². The van der Waals surface area contributed by atoms with Gasteiger partial charge in [0.25, 0.3) is 15.9 Å². The maximum Gasteiger partial charge on any atom is 0.265 e. The highest BCUT2D eigenvalue weighted by molar-refractivity contribution is 7.89. The topological polar surface area (TPSA) is 124 Å². The molecule has 1 aliphatic rings. The molecular weight excluding hydrogens is 416 g/mol. The van der Waals surface area contributed by atoms with E-state index >= 15 is 0 Å². The second-order valence-corrected chi connectivity index (χ2v) is 9.10. The Bertz CT molecular complexity index is 1130. The number of ketones is 1. The quantitative estimate of drug-likeness (QED) is 0.594. The van der Waals surface area contributed by atoms with E-state index in [1.807, 2.05) is 0 Å². The third-order valence-corrected chi connectivity index (χ3v) is 7.06. The van der Waals surface area contributed by atoms with Crippen molar-refractivity contribution in [3.8, 4) is 0 Å². The van der Waals surface area contributed by atoms with Gasteiger partial charge in [0.05, 0.1) is 16.4 Å². The van der Waals surface area contributed by atoms with Crippen molar-refractivity contribution in [1.29, 1.82) is 0 Å². The first kappa shape index (κ1) is 20.8. The standard InChI is InChI=1S/C19H18N2O6S2/c1-21-17(18(24)13-4-2-3-5-16(13)29(21,26)27)14(23)8-6-12-7-9-15(28-12)19(25)20-10-11-22/h2-9,22,24H,10-11H2,1H3,(H,20,25). The van der Waals surface area contributed by atoms with E-state index in [-0.39, 0.29) is 35.2 Å². The van der Waals surface area contributed by atoms with Gasteiger partial charge in [-0.1, -0.05) is 12.1 Å². The van der Waals surface area contributed by atoms with Gasteiger partial charge in [0.2, 0.25) is 5.78 Å². The predicted molar refractivity (Wildman–Crippen MR) is 109 cm³/mol. The van der Waals surface area contributed by atoms with E-state index in [2.05, 4.69) is 5.32 Å². The van der Waals surface area contributed by atoms with Gasteiger partial charge in [-0.3, -0.25) is 13.9 Å². The van der Waals surface area contributed by atoms with Gasteiger partial charge in [-0.25, -0.2) is 8.42 Å². The molecule has 1 aromatic carbocycles. The maximum absolute atomic E-state index is 12.7. The molecule has 3 N–H and O–H groups in total. The average molecular weight is 434 g/mol. The van der Waals surface area contributed by atoms with E-state index < -0.39 is 21.6 Å². The summed E-state index contributed by atoms with van der Waals surface area (Å²) < 4.78 is 26.1. The van der Waals surface area contributed by atoms with Gasteiger partial charge in [-0.05, 0) is 36.4 Å². The lowest BCUT2D eigenvalue weighted by molar-refractivity contribution is -0.112. The molecule has 10 heteroatoms. The molecule has 0 saturated carbocycles. The number of carbonyl (C=O) groups is 2. The van der Waals surface area contributed by atoms with Crippen molar-refractivity contribution in [1.82, 2.24) is 9.62 Å². The van der Waals surface area contributed by atoms with Crippen LogP contribution in [0.2, 0.25) is 0 Å². The lowest BCUT2D eigenvalue weighted by Gasteiger charge is -2.27. The fourth-order valence-corrected chi connectivity index (χ4v) is 4.99. The summed E-state index contributed by atoms with van der Waals surface area (Å²) in [6.45, 7) is -0.0351. The molecule has 152 valence electrons. The van der Waals surface area contributed by atoms with Crippen molar-refractivity contribution >= 4 is 44.9 Å². The predicted octanol–water partition coefficient (Wildman–Crippen LogP) is 1.61. The number of likely N-dealkylation sites (N-methyl/N-ethyl adjacent to an activating group) is 1. The zero-order valence-electron chi connectivity index (χ0n) is 15.3. The van der Waals surface area contributed by atoms with Gasteiger partial charge < -0.3 is 15.5 Å². The van der Waals surface area contributed by atoms with Crippen LogP contribution in [0.15, 0.2) is 53.1 Å². The van der Waals surface area contributed by atoms with E-state index in [4.69, 9.17) is 5.11 Å². The molecule has 0 atom stereocenters. The summed E-state index contributed by atoms with van der Waals surface area (Å²) in [6.07, 6.45) is 2.59. The Labute approximate surface area is 171 Å². The van der Waals surface area contributed by atoms with Crippen LogP contribution in [0, 0.1) is 0 Å². The number of benzene rings is 1. The van der Waals surface area contributed by atoms with Crippen molar-refractivity contribution in [2.75, 3.05) is 20.2 Å². The number of sulfonamides is 1. The lowest BCUT2D eigenvalue weighted by atomic mass is 10.1. The average Bonchev–Trinajstić information content (AvgIpc) is 3.18. The molecule has 29 heavy (non-hydrogen) atoms. The molecule has 3 rings (SSSR count). The Balaban J connectivity index is 1.87. The Morgan fingerprint density at radius 3 is 2.66 bits per heavy atom. The number of aliphatic hydroxyl groups excluding tert-OH is 2. The second kappa shape index (κ2) is 8.19. The molecule has 2 aromatic rings. The zero-order chi connectivity index (χ0) is 21.2. The van der Waals surface area contributed by atoms with Crippen LogP contribution in [-0.2, 0) is 14.8 Å². The van der Waals surface area contributed by atoms with Crippen molar-refractivity contribution in [2.24, 2.45) is 0 Å². The minimum atomic E-state index is -3.96. The van der Waals surface area contributed by atoms with Crippen LogP contribution in [0.5, 0.6) is 0 Å². The number of allylic oxidation sites excluding steroid dienone is 1. The molecule has 0 radical (unpaired) electrons. The molecule has 0 spiro atoms. The number of hydrogen-bond acceptors (Lipinski definition) is 7. The number of hydrogen-bond donors (Lipinski definition) is 3. The summed E-state index contributed by atoms with van der Waals surface area (Å²) in [7, 11) is -2.75. The van der Waals surface area contributed by atoms with Crippen molar-refractivity contribution in [2.45, 2.75) is 4.90 Å². The number of nitrogens with one attached hydrogen (secondary N) is 1. The summed E-state index contributed by atoms with van der Waals surface area (Å²) in [6, 6.07) is 9.11. The highest BCUT2D eigenvalue weighted by Gasteiger charge is 2.36. The van der Waals surface area contributed by atoms with Crippen LogP contribution in [0.1, 0.15) is 20.1 Å².